The van der Waals surface area contributed by atoms with Gasteiger partial charge in [0, 0.05) is 13.1 Å². The van der Waals surface area contributed by atoms with E-state index in [1.165, 1.54) is 0 Å². The van der Waals surface area contributed by atoms with Gasteiger partial charge in [0.25, 0.3) is 0 Å². The third-order valence-corrected chi connectivity index (χ3v) is 3.39. The second-order valence-corrected chi connectivity index (χ2v) is 5.48. The van der Waals surface area contributed by atoms with Crippen molar-refractivity contribution < 1.29 is 9.90 Å². The third-order valence-electron chi connectivity index (χ3n) is 3.39. The number of nitrogens with zero attached hydrogens (tertiary/aromatic N) is 1. The number of aryl methyl sites for hydroxylation is 2. The zero-order valence-electron chi connectivity index (χ0n) is 12.4. The van der Waals surface area contributed by atoms with Gasteiger partial charge in [0.1, 0.15) is 5.54 Å². The summed E-state index contributed by atoms with van der Waals surface area (Å²) in [6.45, 7) is 7.12. The molecule has 1 aromatic carbocycles. The molecule has 1 rings (SSSR count). The van der Waals surface area contributed by atoms with Crippen LogP contribution in [0.25, 0.3) is 0 Å². The van der Waals surface area contributed by atoms with Crippen LogP contribution in [-0.4, -0.2) is 43.2 Å². The molecular formula is C15H24N2O2. The lowest BCUT2D eigenvalue weighted by molar-refractivity contribution is -0.144. The van der Waals surface area contributed by atoms with Gasteiger partial charge in [0.05, 0.1) is 0 Å². The van der Waals surface area contributed by atoms with E-state index >= 15 is 0 Å². The van der Waals surface area contributed by atoms with E-state index in [0.29, 0.717) is 6.54 Å². The molecule has 0 heterocycles. The van der Waals surface area contributed by atoms with Gasteiger partial charge < -0.3 is 10.0 Å². The first kappa shape index (κ1) is 15.7. The van der Waals surface area contributed by atoms with Crippen LogP contribution >= 0.6 is 0 Å². The number of benzene rings is 1. The van der Waals surface area contributed by atoms with E-state index in [1.54, 1.807) is 6.92 Å². The quantitative estimate of drug-likeness (QED) is 0.822. The van der Waals surface area contributed by atoms with E-state index in [1.807, 2.05) is 51.0 Å². The molecule has 0 saturated carbocycles. The molecule has 0 saturated heterocycles. The Morgan fingerprint density at radius 3 is 2.47 bits per heavy atom. The van der Waals surface area contributed by atoms with Crippen LogP contribution < -0.4 is 5.32 Å². The summed E-state index contributed by atoms with van der Waals surface area (Å²) in [4.78, 5) is 13.7. The molecule has 1 unspecified atom stereocenters. The van der Waals surface area contributed by atoms with Crippen molar-refractivity contribution in [2.75, 3.05) is 27.2 Å². The predicted molar refractivity (Wildman–Crippen MR) is 77.5 cm³/mol. The van der Waals surface area contributed by atoms with Crippen molar-refractivity contribution in [3.05, 3.63) is 34.9 Å². The van der Waals surface area contributed by atoms with Crippen molar-refractivity contribution in [1.82, 2.24) is 10.2 Å². The van der Waals surface area contributed by atoms with Gasteiger partial charge in [0.15, 0.2) is 0 Å². The van der Waals surface area contributed by atoms with Crippen LogP contribution in [0.15, 0.2) is 18.2 Å². The number of rotatable bonds is 6. The molecule has 1 atom stereocenters. The summed E-state index contributed by atoms with van der Waals surface area (Å²) >= 11 is 0. The lowest BCUT2D eigenvalue weighted by Gasteiger charge is -2.29. The molecular weight excluding hydrogens is 240 g/mol. The molecule has 1 aromatic rings. The predicted octanol–water partition coefficient (Wildman–Crippen LogP) is 1.75. The van der Waals surface area contributed by atoms with Crippen molar-refractivity contribution in [3.63, 3.8) is 0 Å². The fraction of sp³-hybridized carbons (Fsp3) is 0.533. The van der Waals surface area contributed by atoms with E-state index in [-0.39, 0.29) is 0 Å². The molecule has 0 radical (unpaired) electrons. The highest BCUT2D eigenvalue weighted by atomic mass is 16.4. The summed E-state index contributed by atoms with van der Waals surface area (Å²) in [5.74, 6) is -0.849. The minimum Gasteiger partial charge on any atom is -0.480 e. The normalized spacial score (nSPS) is 14.4. The molecule has 0 amide bonds. The number of likely N-dealkylation sites (N-methyl/N-ethyl adjacent to an activating group) is 1. The second kappa shape index (κ2) is 6.17. The van der Waals surface area contributed by atoms with E-state index < -0.39 is 11.5 Å². The number of hydrogen-bond acceptors (Lipinski definition) is 3. The number of hydrogen-bond donors (Lipinski definition) is 2. The summed E-state index contributed by atoms with van der Waals surface area (Å²) in [5.41, 5.74) is 1.92. The minimum atomic E-state index is -1.05. The molecule has 0 fully saturated rings. The molecule has 106 valence electrons. The van der Waals surface area contributed by atoms with Gasteiger partial charge in [-0.05, 0) is 46.0 Å². The Hall–Kier alpha value is -1.39. The maximum atomic E-state index is 11.7. The average molecular weight is 264 g/mol. The van der Waals surface area contributed by atoms with Gasteiger partial charge >= 0.3 is 5.97 Å². The smallest absolute Gasteiger partial charge is 0.328 e. The van der Waals surface area contributed by atoms with Gasteiger partial charge in [-0.25, -0.2) is 4.79 Å². The number of carboxylic acids is 1. The van der Waals surface area contributed by atoms with E-state index in [2.05, 4.69) is 5.32 Å². The van der Waals surface area contributed by atoms with Crippen molar-refractivity contribution in [2.45, 2.75) is 26.3 Å². The SMILES string of the molecule is Cc1ccc(C(C)(NCCN(C)C)C(=O)O)c(C)c1. The number of carboxylic acid groups (broad SMARTS) is 1. The number of aliphatic carboxylic acids is 1. The monoisotopic (exact) mass is 264 g/mol. The Balaban J connectivity index is 3.01. The largest absolute Gasteiger partial charge is 0.480 e. The van der Waals surface area contributed by atoms with E-state index in [4.69, 9.17) is 0 Å². The first-order valence-corrected chi connectivity index (χ1v) is 6.48. The molecule has 2 N–H and O–H groups in total. The summed E-state index contributed by atoms with van der Waals surface area (Å²) in [7, 11) is 3.94. The van der Waals surface area contributed by atoms with Crippen molar-refractivity contribution in [1.29, 1.82) is 0 Å². The van der Waals surface area contributed by atoms with Crippen molar-refractivity contribution in [3.8, 4) is 0 Å². The topological polar surface area (TPSA) is 52.6 Å². The van der Waals surface area contributed by atoms with Crippen LogP contribution in [0.4, 0.5) is 0 Å². The lowest BCUT2D eigenvalue weighted by atomic mass is 9.87. The van der Waals surface area contributed by atoms with Crippen molar-refractivity contribution >= 4 is 5.97 Å². The Kier molecular flexibility index (Phi) is 5.09. The van der Waals surface area contributed by atoms with Crippen LogP contribution in [0.3, 0.4) is 0 Å². The Morgan fingerprint density at radius 2 is 2.00 bits per heavy atom. The van der Waals surface area contributed by atoms with E-state index in [0.717, 1.165) is 23.2 Å². The molecule has 0 aliphatic carbocycles. The molecule has 0 aromatic heterocycles. The average Bonchev–Trinajstić information content (AvgIpc) is 2.27. The zero-order valence-corrected chi connectivity index (χ0v) is 12.4. The van der Waals surface area contributed by atoms with Crippen LogP contribution in [0.5, 0.6) is 0 Å². The molecule has 0 spiro atoms. The van der Waals surface area contributed by atoms with Crippen LogP contribution in [-0.2, 0) is 10.3 Å². The molecule has 4 nitrogen and oxygen atoms in total. The summed E-state index contributed by atoms with van der Waals surface area (Å²) in [6, 6.07) is 5.88. The zero-order chi connectivity index (χ0) is 14.6. The van der Waals surface area contributed by atoms with Crippen LogP contribution in [0.2, 0.25) is 0 Å². The van der Waals surface area contributed by atoms with E-state index in [9.17, 15) is 9.90 Å². The summed E-state index contributed by atoms with van der Waals surface area (Å²) < 4.78 is 0. The fourth-order valence-electron chi connectivity index (χ4n) is 2.19. The molecule has 0 aliphatic rings. The first-order valence-electron chi connectivity index (χ1n) is 6.48. The Bertz CT molecular complexity index is 457. The van der Waals surface area contributed by atoms with Gasteiger partial charge in [-0.2, -0.15) is 0 Å². The highest BCUT2D eigenvalue weighted by molar-refractivity contribution is 5.80. The second-order valence-electron chi connectivity index (χ2n) is 5.48. The van der Waals surface area contributed by atoms with Crippen molar-refractivity contribution in [2.24, 2.45) is 0 Å². The maximum Gasteiger partial charge on any atom is 0.328 e. The first-order chi connectivity index (χ1) is 8.77. The van der Waals surface area contributed by atoms with Crippen LogP contribution in [0, 0.1) is 13.8 Å². The van der Waals surface area contributed by atoms with Gasteiger partial charge in [-0.3, -0.25) is 5.32 Å². The third kappa shape index (κ3) is 3.78. The number of carbonyl (C=O) groups is 1. The Morgan fingerprint density at radius 1 is 1.37 bits per heavy atom. The molecule has 0 aliphatic heterocycles. The van der Waals surface area contributed by atoms with Gasteiger partial charge in [0.2, 0.25) is 0 Å². The Labute approximate surface area is 115 Å². The molecule has 0 bridgehead atoms. The number of nitrogens with one attached hydrogen (secondary N) is 1. The summed E-state index contributed by atoms with van der Waals surface area (Å²) in [6.07, 6.45) is 0. The highest BCUT2D eigenvalue weighted by Crippen LogP contribution is 2.25. The maximum absolute atomic E-state index is 11.7. The standard InChI is InChI=1S/C15H24N2O2/c1-11-6-7-13(12(2)10-11)15(3,14(18)19)16-8-9-17(4)5/h6-7,10,16H,8-9H2,1-5H3,(H,18,19). The highest BCUT2D eigenvalue weighted by Gasteiger charge is 2.35. The summed E-state index contributed by atoms with van der Waals surface area (Å²) in [5, 5.41) is 12.7. The van der Waals surface area contributed by atoms with Gasteiger partial charge in [-0.1, -0.05) is 23.8 Å². The molecule has 19 heavy (non-hydrogen) atoms. The fourth-order valence-corrected chi connectivity index (χ4v) is 2.19. The van der Waals surface area contributed by atoms with Gasteiger partial charge in [-0.15, -0.1) is 0 Å². The lowest BCUT2D eigenvalue weighted by Crippen LogP contribution is -2.49. The minimum absolute atomic E-state index is 0.628. The molecule has 4 heteroatoms. The van der Waals surface area contributed by atoms with Crippen LogP contribution in [0.1, 0.15) is 23.6 Å².